The van der Waals surface area contributed by atoms with Gasteiger partial charge in [-0.1, -0.05) is 6.07 Å². The number of aromatic nitrogens is 4. The second-order valence-electron chi connectivity index (χ2n) is 8.15. The lowest BCUT2D eigenvalue weighted by Crippen LogP contribution is -2.22. The third-order valence-electron chi connectivity index (χ3n) is 5.43. The first-order valence-corrected chi connectivity index (χ1v) is 10.1. The molecule has 0 aliphatic heterocycles. The van der Waals surface area contributed by atoms with Crippen LogP contribution < -0.4 is 0 Å². The van der Waals surface area contributed by atoms with E-state index in [-0.39, 0.29) is 0 Å². The highest BCUT2D eigenvalue weighted by molar-refractivity contribution is 5.58. The van der Waals surface area contributed by atoms with Gasteiger partial charge in [-0.25, -0.2) is 4.68 Å². The summed E-state index contributed by atoms with van der Waals surface area (Å²) in [5.41, 5.74) is 0.142. The lowest BCUT2D eigenvalue weighted by Gasteiger charge is -2.22. The SMILES string of the molecule is CC(C)(c1cccc(-c2ccc(C(F)(F)F)nc2)n1)c1ccn(-c2ccc(C(F)(F)F)cc2)n1. The lowest BCUT2D eigenvalue weighted by molar-refractivity contribution is -0.141. The molecule has 0 saturated heterocycles. The van der Waals surface area contributed by atoms with Crippen molar-refractivity contribution in [2.75, 3.05) is 0 Å². The van der Waals surface area contributed by atoms with E-state index in [1.165, 1.54) is 22.9 Å². The van der Waals surface area contributed by atoms with Gasteiger partial charge in [0.05, 0.1) is 33.7 Å². The zero-order valence-corrected chi connectivity index (χ0v) is 18.0. The Morgan fingerprint density at radius 3 is 2.00 bits per heavy atom. The Morgan fingerprint density at radius 1 is 0.706 bits per heavy atom. The number of nitrogens with zero attached hydrogens (tertiary/aromatic N) is 4. The molecule has 3 aromatic heterocycles. The molecule has 0 atom stereocenters. The number of rotatable bonds is 4. The highest BCUT2D eigenvalue weighted by Gasteiger charge is 2.33. The third kappa shape index (κ3) is 4.66. The summed E-state index contributed by atoms with van der Waals surface area (Å²) < 4.78 is 78.3. The van der Waals surface area contributed by atoms with Gasteiger partial charge in [-0.05, 0) is 68.4 Å². The summed E-state index contributed by atoms with van der Waals surface area (Å²) in [6, 6.07) is 13.8. The first kappa shape index (κ1) is 23.5. The van der Waals surface area contributed by atoms with Gasteiger partial charge >= 0.3 is 12.4 Å². The summed E-state index contributed by atoms with van der Waals surface area (Å²) in [5, 5.41) is 4.52. The highest BCUT2D eigenvalue weighted by Crippen LogP contribution is 2.33. The van der Waals surface area contributed by atoms with Crippen molar-refractivity contribution >= 4 is 0 Å². The zero-order chi connectivity index (χ0) is 24.7. The first-order valence-electron chi connectivity index (χ1n) is 10.1. The average Bonchev–Trinajstić information content (AvgIpc) is 3.29. The van der Waals surface area contributed by atoms with Crippen LogP contribution in [-0.2, 0) is 17.8 Å². The number of halogens is 6. The predicted octanol–water partition coefficient (Wildman–Crippen LogP) is 6.69. The minimum atomic E-state index is -4.53. The maximum absolute atomic E-state index is 12.8. The predicted molar refractivity (Wildman–Crippen MR) is 113 cm³/mol. The van der Waals surface area contributed by atoms with Crippen LogP contribution in [0, 0.1) is 0 Å². The van der Waals surface area contributed by atoms with Crippen LogP contribution in [0.5, 0.6) is 0 Å². The summed E-state index contributed by atoms with van der Waals surface area (Å²) in [5.74, 6) is 0. The molecule has 3 heterocycles. The fourth-order valence-corrected chi connectivity index (χ4v) is 3.39. The standard InChI is InChI=1S/C24H18F6N4/c1-22(2,20-12-13-34(33-20)17-9-7-16(8-10-17)23(25,26)27)19-5-3-4-18(32-19)15-6-11-21(31-14-15)24(28,29)30/h3-14H,1-2H3. The van der Waals surface area contributed by atoms with Gasteiger partial charge in [0.15, 0.2) is 0 Å². The molecule has 0 unspecified atom stereocenters. The molecule has 0 N–H and O–H groups in total. The molecule has 4 aromatic rings. The summed E-state index contributed by atoms with van der Waals surface area (Å²) in [7, 11) is 0. The first-order chi connectivity index (χ1) is 15.9. The normalized spacial score (nSPS) is 12.7. The van der Waals surface area contributed by atoms with Gasteiger partial charge in [0.1, 0.15) is 5.69 Å². The quantitative estimate of drug-likeness (QED) is 0.308. The van der Waals surface area contributed by atoms with E-state index in [0.717, 1.165) is 24.4 Å². The van der Waals surface area contributed by atoms with Crippen LogP contribution in [0.15, 0.2) is 73.1 Å². The van der Waals surface area contributed by atoms with E-state index in [9.17, 15) is 26.3 Å². The van der Waals surface area contributed by atoms with Crippen molar-refractivity contribution in [2.24, 2.45) is 0 Å². The minimum Gasteiger partial charge on any atom is -0.252 e. The summed E-state index contributed by atoms with van der Waals surface area (Å²) in [6.45, 7) is 3.76. The molecule has 0 radical (unpaired) electrons. The Balaban J connectivity index is 1.61. The smallest absolute Gasteiger partial charge is 0.252 e. The Kier molecular flexibility index (Phi) is 5.71. The van der Waals surface area contributed by atoms with Gasteiger partial charge in [0.2, 0.25) is 0 Å². The number of hydrogen-bond donors (Lipinski definition) is 0. The van der Waals surface area contributed by atoms with Gasteiger partial charge in [-0.3, -0.25) is 9.97 Å². The zero-order valence-electron chi connectivity index (χ0n) is 18.0. The summed E-state index contributed by atoms with van der Waals surface area (Å²) in [6.07, 6.45) is -6.18. The average molecular weight is 476 g/mol. The van der Waals surface area contributed by atoms with E-state index in [4.69, 9.17) is 0 Å². The lowest BCUT2D eigenvalue weighted by atomic mass is 9.85. The van der Waals surface area contributed by atoms with Crippen molar-refractivity contribution in [3.63, 3.8) is 0 Å². The molecule has 0 spiro atoms. The monoisotopic (exact) mass is 476 g/mol. The molecule has 0 saturated carbocycles. The van der Waals surface area contributed by atoms with Crippen molar-refractivity contribution in [3.05, 3.63) is 95.7 Å². The van der Waals surface area contributed by atoms with Gasteiger partial charge in [0.25, 0.3) is 0 Å². The number of hydrogen-bond acceptors (Lipinski definition) is 3. The highest BCUT2D eigenvalue weighted by atomic mass is 19.4. The fourth-order valence-electron chi connectivity index (χ4n) is 3.39. The van der Waals surface area contributed by atoms with E-state index >= 15 is 0 Å². The van der Waals surface area contributed by atoms with Crippen LogP contribution >= 0.6 is 0 Å². The second kappa shape index (κ2) is 8.27. The van der Waals surface area contributed by atoms with Crippen LogP contribution in [-0.4, -0.2) is 19.7 Å². The molecule has 10 heteroatoms. The van der Waals surface area contributed by atoms with E-state index in [1.54, 1.807) is 30.5 Å². The van der Waals surface area contributed by atoms with Crippen LogP contribution in [0.1, 0.15) is 36.5 Å². The maximum atomic E-state index is 12.8. The molecular formula is C24H18F6N4. The van der Waals surface area contributed by atoms with Crippen molar-refractivity contribution in [1.29, 1.82) is 0 Å². The maximum Gasteiger partial charge on any atom is 0.433 e. The molecule has 34 heavy (non-hydrogen) atoms. The number of pyridine rings is 2. The molecule has 0 bridgehead atoms. The second-order valence-corrected chi connectivity index (χ2v) is 8.15. The van der Waals surface area contributed by atoms with Crippen LogP contribution in [0.4, 0.5) is 26.3 Å². The third-order valence-corrected chi connectivity index (χ3v) is 5.43. The van der Waals surface area contributed by atoms with E-state index in [0.29, 0.717) is 28.3 Å². The van der Waals surface area contributed by atoms with Crippen LogP contribution in [0.25, 0.3) is 16.9 Å². The van der Waals surface area contributed by atoms with E-state index in [2.05, 4.69) is 15.1 Å². The summed E-state index contributed by atoms with van der Waals surface area (Å²) >= 11 is 0. The Bertz CT molecular complexity index is 1290. The molecule has 0 aliphatic carbocycles. The van der Waals surface area contributed by atoms with Gasteiger partial charge in [0, 0.05) is 18.0 Å². The molecule has 0 amide bonds. The van der Waals surface area contributed by atoms with Gasteiger partial charge in [-0.15, -0.1) is 0 Å². The van der Waals surface area contributed by atoms with Gasteiger partial charge < -0.3 is 0 Å². The fraction of sp³-hybridized carbons (Fsp3) is 0.208. The molecule has 0 aliphatic rings. The van der Waals surface area contributed by atoms with Crippen molar-refractivity contribution in [2.45, 2.75) is 31.6 Å². The number of alkyl halides is 6. The Hall–Kier alpha value is -3.69. The Labute approximate surface area is 190 Å². The van der Waals surface area contributed by atoms with Crippen molar-refractivity contribution < 1.29 is 26.3 Å². The van der Waals surface area contributed by atoms with Crippen LogP contribution in [0.3, 0.4) is 0 Å². The van der Waals surface area contributed by atoms with Crippen molar-refractivity contribution in [3.8, 4) is 16.9 Å². The molecule has 0 fully saturated rings. The van der Waals surface area contributed by atoms with Gasteiger partial charge in [-0.2, -0.15) is 31.4 Å². The molecule has 4 nitrogen and oxygen atoms in total. The summed E-state index contributed by atoms with van der Waals surface area (Å²) in [4.78, 5) is 8.09. The van der Waals surface area contributed by atoms with E-state index in [1.807, 2.05) is 13.8 Å². The van der Waals surface area contributed by atoms with Crippen molar-refractivity contribution in [1.82, 2.24) is 19.7 Å². The molecular weight excluding hydrogens is 458 g/mol. The molecule has 176 valence electrons. The van der Waals surface area contributed by atoms with Crippen LogP contribution in [0.2, 0.25) is 0 Å². The number of benzene rings is 1. The molecule has 1 aromatic carbocycles. The van der Waals surface area contributed by atoms with E-state index < -0.39 is 29.0 Å². The minimum absolute atomic E-state index is 0.431. The largest absolute Gasteiger partial charge is 0.433 e. The Morgan fingerprint density at radius 2 is 1.41 bits per heavy atom. The molecule has 4 rings (SSSR count). The topological polar surface area (TPSA) is 43.6 Å².